The van der Waals surface area contributed by atoms with Crippen LogP contribution in [0.1, 0.15) is 55.3 Å². The van der Waals surface area contributed by atoms with Gasteiger partial charge in [-0.25, -0.2) is 0 Å². The molecule has 1 aromatic rings. The zero-order chi connectivity index (χ0) is 13.8. The average molecular weight is 277 g/mol. The van der Waals surface area contributed by atoms with Gasteiger partial charge < -0.3 is 5.32 Å². The summed E-state index contributed by atoms with van der Waals surface area (Å²) in [6.45, 7) is 6.68. The molecule has 0 aromatic heterocycles. The van der Waals surface area contributed by atoms with E-state index in [1.165, 1.54) is 42.4 Å². The summed E-state index contributed by atoms with van der Waals surface area (Å²) in [5.41, 5.74) is 4.21. The second-order valence-electron chi connectivity index (χ2n) is 5.94. The highest BCUT2D eigenvalue weighted by Crippen LogP contribution is 2.28. The van der Waals surface area contributed by atoms with Gasteiger partial charge in [-0.15, -0.1) is 0 Å². The molecule has 19 heavy (non-hydrogen) atoms. The number of rotatable bonds is 4. The van der Waals surface area contributed by atoms with Crippen molar-refractivity contribution in [1.82, 2.24) is 5.32 Å². The molecule has 0 aliphatic heterocycles. The molecule has 1 atom stereocenters. The van der Waals surface area contributed by atoms with Crippen LogP contribution >= 0.6 is 11.8 Å². The molecule has 0 bridgehead atoms. The molecule has 106 valence electrons. The molecule has 2 heteroatoms. The Bertz CT molecular complexity index is 408. The maximum absolute atomic E-state index is 3.82. The van der Waals surface area contributed by atoms with Gasteiger partial charge in [-0.05, 0) is 69.4 Å². The van der Waals surface area contributed by atoms with Gasteiger partial charge in [0.25, 0.3) is 0 Å². The third-order valence-corrected chi connectivity index (χ3v) is 5.66. The quantitative estimate of drug-likeness (QED) is 0.861. The number of nitrogens with one attached hydrogen (secondary N) is 1. The first kappa shape index (κ1) is 14.9. The number of aryl methyl sites for hydroxylation is 2. The van der Waals surface area contributed by atoms with Crippen LogP contribution in [0.4, 0.5) is 0 Å². The summed E-state index contributed by atoms with van der Waals surface area (Å²) in [6, 6.07) is 8.02. The third-order valence-electron chi connectivity index (χ3n) is 4.52. The minimum atomic E-state index is 0.468. The van der Waals surface area contributed by atoms with Crippen molar-refractivity contribution in [3.05, 3.63) is 34.9 Å². The molecule has 0 heterocycles. The fourth-order valence-electron chi connectivity index (χ4n) is 2.95. The number of hydrogen-bond donors (Lipinski definition) is 1. The average Bonchev–Trinajstić information content (AvgIpc) is 2.42. The van der Waals surface area contributed by atoms with Gasteiger partial charge in [0.2, 0.25) is 0 Å². The van der Waals surface area contributed by atoms with E-state index >= 15 is 0 Å². The second kappa shape index (κ2) is 6.81. The lowest BCUT2D eigenvalue weighted by Crippen LogP contribution is -2.35. The lowest BCUT2D eigenvalue weighted by molar-refractivity contribution is 0.352. The Kier molecular flexibility index (Phi) is 5.35. The van der Waals surface area contributed by atoms with Gasteiger partial charge >= 0.3 is 0 Å². The molecule has 0 radical (unpaired) electrons. The van der Waals surface area contributed by atoms with E-state index in [-0.39, 0.29) is 0 Å². The van der Waals surface area contributed by atoms with Crippen molar-refractivity contribution in [2.75, 3.05) is 6.26 Å². The fourth-order valence-corrected chi connectivity index (χ4v) is 3.69. The van der Waals surface area contributed by atoms with E-state index in [2.05, 4.69) is 50.5 Å². The Balaban J connectivity index is 1.90. The van der Waals surface area contributed by atoms with Crippen LogP contribution in [0.3, 0.4) is 0 Å². The van der Waals surface area contributed by atoms with Crippen LogP contribution in [0.2, 0.25) is 0 Å². The highest BCUT2D eigenvalue weighted by molar-refractivity contribution is 7.99. The Morgan fingerprint density at radius 1 is 1.11 bits per heavy atom. The highest BCUT2D eigenvalue weighted by atomic mass is 32.2. The molecule has 1 aliphatic rings. The summed E-state index contributed by atoms with van der Waals surface area (Å²) < 4.78 is 0. The van der Waals surface area contributed by atoms with E-state index in [4.69, 9.17) is 0 Å². The van der Waals surface area contributed by atoms with Crippen molar-refractivity contribution in [3.8, 4) is 0 Å². The first-order valence-corrected chi connectivity index (χ1v) is 8.75. The Labute approximate surface area is 122 Å². The van der Waals surface area contributed by atoms with E-state index in [1.807, 2.05) is 11.8 Å². The van der Waals surface area contributed by atoms with Crippen LogP contribution in [0.15, 0.2) is 18.2 Å². The van der Waals surface area contributed by atoms with Gasteiger partial charge in [0, 0.05) is 17.3 Å². The smallest absolute Gasteiger partial charge is 0.0294 e. The predicted octanol–water partition coefficient (Wildman–Crippen LogP) is 4.63. The molecule has 1 fully saturated rings. The van der Waals surface area contributed by atoms with Crippen LogP contribution in [0.25, 0.3) is 0 Å². The second-order valence-corrected chi connectivity index (χ2v) is 7.08. The van der Waals surface area contributed by atoms with E-state index in [0.717, 1.165) is 5.25 Å². The van der Waals surface area contributed by atoms with E-state index < -0.39 is 0 Å². The lowest BCUT2D eigenvalue weighted by Gasteiger charge is -2.30. The number of benzene rings is 1. The standard InChI is InChI=1S/C17H27NS/c1-12-5-6-15(11-13(12)2)14(3)18-16-7-9-17(19-4)10-8-16/h5-6,11,14,16-18H,7-10H2,1-4H3. The molecular weight excluding hydrogens is 250 g/mol. The summed E-state index contributed by atoms with van der Waals surface area (Å²) in [6.07, 6.45) is 7.66. The van der Waals surface area contributed by atoms with Crippen molar-refractivity contribution in [1.29, 1.82) is 0 Å². The highest BCUT2D eigenvalue weighted by Gasteiger charge is 2.21. The van der Waals surface area contributed by atoms with Crippen molar-refractivity contribution < 1.29 is 0 Å². The van der Waals surface area contributed by atoms with Gasteiger partial charge in [-0.3, -0.25) is 0 Å². The van der Waals surface area contributed by atoms with E-state index in [1.54, 1.807) is 0 Å². The van der Waals surface area contributed by atoms with Gasteiger partial charge in [0.05, 0.1) is 0 Å². The minimum Gasteiger partial charge on any atom is -0.307 e. The van der Waals surface area contributed by atoms with Gasteiger partial charge in [-0.1, -0.05) is 18.2 Å². The fraction of sp³-hybridized carbons (Fsp3) is 0.647. The molecule has 1 aromatic carbocycles. The first-order chi connectivity index (χ1) is 9.10. The Hall–Kier alpha value is -0.470. The van der Waals surface area contributed by atoms with Crippen molar-refractivity contribution in [2.45, 2.75) is 63.8 Å². The molecule has 2 rings (SSSR count). The lowest BCUT2D eigenvalue weighted by atomic mass is 9.93. The van der Waals surface area contributed by atoms with Crippen LogP contribution in [0, 0.1) is 13.8 Å². The summed E-state index contributed by atoms with van der Waals surface area (Å²) in [7, 11) is 0. The largest absolute Gasteiger partial charge is 0.307 e. The van der Waals surface area contributed by atoms with Crippen molar-refractivity contribution in [2.24, 2.45) is 0 Å². The summed E-state index contributed by atoms with van der Waals surface area (Å²) in [4.78, 5) is 0. The topological polar surface area (TPSA) is 12.0 Å². The van der Waals surface area contributed by atoms with E-state index in [0.29, 0.717) is 12.1 Å². The molecule has 1 saturated carbocycles. The minimum absolute atomic E-state index is 0.468. The summed E-state index contributed by atoms with van der Waals surface area (Å²) in [5, 5.41) is 4.72. The van der Waals surface area contributed by atoms with Crippen LogP contribution < -0.4 is 5.32 Å². The van der Waals surface area contributed by atoms with Crippen LogP contribution in [-0.2, 0) is 0 Å². The van der Waals surface area contributed by atoms with E-state index in [9.17, 15) is 0 Å². The Morgan fingerprint density at radius 3 is 2.37 bits per heavy atom. The zero-order valence-electron chi connectivity index (χ0n) is 12.7. The molecule has 1 nitrogen and oxygen atoms in total. The first-order valence-electron chi connectivity index (χ1n) is 7.46. The predicted molar refractivity (Wildman–Crippen MR) is 87.0 cm³/mol. The zero-order valence-corrected chi connectivity index (χ0v) is 13.5. The molecule has 0 saturated heterocycles. The molecule has 0 amide bonds. The maximum Gasteiger partial charge on any atom is 0.0294 e. The van der Waals surface area contributed by atoms with Crippen LogP contribution in [0.5, 0.6) is 0 Å². The molecule has 1 N–H and O–H groups in total. The van der Waals surface area contributed by atoms with Crippen molar-refractivity contribution in [3.63, 3.8) is 0 Å². The third kappa shape index (κ3) is 4.00. The van der Waals surface area contributed by atoms with Crippen LogP contribution in [-0.4, -0.2) is 17.5 Å². The molecule has 1 aliphatic carbocycles. The van der Waals surface area contributed by atoms with Gasteiger partial charge in [-0.2, -0.15) is 11.8 Å². The summed E-state index contributed by atoms with van der Waals surface area (Å²) >= 11 is 2.04. The van der Waals surface area contributed by atoms with Crippen molar-refractivity contribution >= 4 is 11.8 Å². The van der Waals surface area contributed by atoms with Gasteiger partial charge in [0.1, 0.15) is 0 Å². The summed E-state index contributed by atoms with van der Waals surface area (Å²) in [5.74, 6) is 0. The monoisotopic (exact) mass is 277 g/mol. The van der Waals surface area contributed by atoms with Gasteiger partial charge in [0.15, 0.2) is 0 Å². The Morgan fingerprint density at radius 2 is 1.79 bits per heavy atom. The number of hydrogen-bond acceptors (Lipinski definition) is 2. The normalized spacial score (nSPS) is 25.3. The SMILES string of the molecule is CSC1CCC(NC(C)c2ccc(C)c(C)c2)CC1. The molecular formula is C17H27NS. The molecule has 0 spiro atoms. The molecule has 1 unspecified atom stereocenters. The maximum atomic E-state index is 3.82. The number of thioether (sulfide) groups is 1.